The Bertz CT molecular complexity index is 1520. The number of hydrazine groups is 1. The minimum atomic E-state index is -1.47. The number of para-hydroxylation sites is 2. The Morgan fingerprint density at radius 1 is 1.05 bits per heavy atom. The summed E-state index contributed by atoms with van der Waals surface area (Å²) in [5.41, 5.74) is 9.05. The molecule has 0 aliphatic rings. The number of hydrogen-bond acceptors (Lipinski definition) is 8. The molecule has 4 rings (SSSR count). The van der Waals surface area contributed by atoms with Gasteiger partial charge in [-0.05, 0) is 35.9 Å². The molecule has 4 aromatic rings. The van der Waals surface area contributed by atoms with Crippen molar-refractivity contribution in [1.29, 1.82) is 0 Å². The molecule has 2 heterocycles. The van der Waals surface area contributed by atoms with Crippen LogP contribution in [0.5, 0.6) is 17.2 Å². The number of rotatable bonds is 9. The third kappa shape index (κ3) is 5.71. The first-order valence-electron chi connectivity index (χ1n) is 11.2. The summed E-state index contributed by atoms with van der Waals surface area (Å²) in [4.78, 5) is 42.1. The van der Waals surface area contributed by atoms with Gasteiger partial charge < -0.3 is 20.5 Å². The zero-order valence-electron chi connectivity index (χ0n) is 20.7. The van der Waals surface area contributed by atoms with Crippen LogP contribution in [0.15, 0.2) is 60.8 Å². The van der Waals surface area contributed by atoms with Crippen LogP contribution in [0.3, 0.4) is 0 Å². The number of aromatic nitrogens is 1. The van der Waals surface area contributed by atoms with Crippen LogP contribution >= 0.6 is 11.3 Å². The minimum Gasteiger partial charge on any atom is -0.495 e. The second-order valence-electron chi connectivity index (χ2n) is 8.29. The maximum atomic E-state index is 15.1. The first kappa shape index (κ1) is 26.5. The normalized spacial score (nSPS) is 11.7. The number of methoxy groups -OCH3 is 1. The van der Waals surface area contributed by atoms with Gasteiger partial charge in [0.2, 0.25) is 11.8 Å². The lowest BCUT2D eigenvalue weighted by Gasteiger charge is -2.16. The van der Waals surface area contributed by atoms with Crippen LogP contribution in [-0.4, -0.2) is 48.9 Å². The summed E-state index contributed by atoms with van der Waals surface area (Å²) in [6.07, 6.45) is 1.48. The van der Waals surface area contributed by atoms with Gasteiger partial charge in [-0.2, -0.15) is 0 Å². The standard InChI is InChI=1S/C26H24FN5O5S/c1-32(2)31-25(34)21-13-17-23(38-21)20(10-11-29-17)37-18-9-8-14(12-15(18)27)22(24(28)33)26(35)30-16-6-4-5-7-19(16)36-3/h4-13,22H,1-3H3,(H2,28,33)(H,30,35)(H,31,34). The molecule has 0 spiro atoms. The fraction of sp³-hybridized carbons (Fsp3) is 0.154. The zero-order chi connectivity index (χ0) is 27.4. The molecule has 0 fully saturated rings. The highest BCUT2D eigenvalue weighted by molar-refractivity contribution is 7.21. The number of anilines is 1. The molecule has 4 N–H and O–H groups in total. The lowest BCUT2D eigenvalue weighted by atomic mass is 9.97. The monoisotopic (exact) mass is 537 g/mol. The first-order chi connectivity index (χ1) is 18.2. The molecular weight excluding hydrogens is 513 g/mol. The molecule has 3 amide bonds. The maximum Gasteiger partial charge on any atom is 0.275 e. The lowest BCUT2D eigenvalue weighted by molar-refractivity contribution is -0.127. The highest BCUT2D eigenvalue weighted by Crippen LogP contribution is 2.36. The maximum absolute atomic E-state index is 15.1. The van der Waals surface area contributed by atoms with Gasteiger partial charge in [-0.1, -0.05) is 18.2 Å². The van der Waals surface area contributed by atoms with E-state index in [0.717, 1.165) is 17.4 Å². The van der Waals surface area contributed by atoms with Crippen LogP contribution in [0.4, 0.5) is 10.1 Å². The fourth-order valence-corrected chi connectivity index (χ4v) is 4.62. The molecule has 12 heteroatoms. The number of amides is 3. The molecule has 2 aromatic heterocycles. The van der Waals surface area contributed by atoms with E-state index in [4.69, 9.17) is 15.2 Å². The van der Waals surface area contributed by atoms with Gasteiger partial charge >= 0.3 is 0 Å². The first-order valence-corrected chi connectivity index (χ1v) is 12.1. The van der Waals surface area contributed by atoms with Crippen molar-refractivity contribution in [1.82, 2.24) is 15.4 Å². The molecule has 1 atom stereocenters. The van der Waals surface area contributed by atoms with E-state index < -0.39 is 23.5 Å². The molecule has 10 nitrogen and oxygen atoms in total. The molecular formula is C26H24FN5O5S. The molecule has 0 saturated carbocycles. The Labute approximate surface area is 221 Å². The molecule has 0 radical (unpaired) electrons. The van der Waals surface area contributed by atoms with E-state index in [1.165, 1.54) is 30.4 Å². The van der Waals surface area contributed by atoms with Gasteiger partial charge in [0.25, 0.3) is 5.91 Å². The third-order valence-corrected chi connectivity index (χ3v) is 6.48. The highest BCUT2D eigenvalue weighted by Gasteiger charge is 2.28. The Morgan fingerprint density at radius 2 is 1.82 bits per heavy atom. The van der Waals surface area contributed by atoms with Gasteiger partial charge in [0.15, 0.2) is 11.6 Å². The van der Waals surface area contributed by atoms with Gasteiger partial charge in [0, 0.05) is 26.4 Å². The predicted molar refractivity (Wildman–Crippen MR) is 141 cm³/mol. The van der Waals surface area contributed by atoms with Crippen molar-refractivity contribution in [3.63, 3.8) is 0 Å². The van der Waals surface area contributed by atoms with Gasteiger partial charge in [-0.15, -0.1) is 11.3 Å². The number of primary amides is 1. The fourth-order valence-electron chi connectivity index (χ4n) is 3.66. The number of halogens is 1. The topological polar surface area (TPSA) is 136 Å². The van der Waals surface area contributed by atoms with E-state index in [1.807, 2.05) is 0 Å². The molecule has 196 valence electrons. The number of carbonyl (C=O) groups is 3. The van der Waals surface area contributed by atoms with E-state index in [1.54, 1.807) is 50.5 Å². The van der Waals surface area contributed by atoms with Gasteiger partial charge in [-0.25, -0.2) is 9.40 Å². The number of ether oxygens (including phenoxy) is 2. The number of thiophene rings is 1. The van der Waals surface area contributed by atoms with Crippen LogP contribution in [0.1, 0.15) is 21.2 Å². The molecule has 38 heavy (non-hydrogen) atoms. The van der Waals surface area contributed by atoms with Gasteiger partial charge in [0.1, 0.15) is 17.4 Å². The van der Waals surface area contributed by atoms with Gasteiger partial charge in [0.05, 0.1) is 27.9 Å². The average molecular weight is 538 g/mol. The Balaban J connectivity index is 1.59. The van der Waals surface area contributed by atoms with E-state index in [2.05, 4.69) is 15.7 Å². The molecule has 2 aromatic carbocycles. The molecule has 1 unspecified atom stereocenters. The van der Waals surface area contributed by atoms with Crippen molar-refractivity contribution >= 4 is 45.0 Å². The highest BCUT2D eigenvalue weighted by atomic mass is 32.1. The van der Waals surface area contributed by atoms with Crippen molar-refractivity contribution < 1.29 is 28.2 Å². The van der Waals surface area contributed by atoms with Crippen LogP contribution in [0.2, 0.25) is 0 Å². The summed E-state index contributed by atoms with van der Waals surface area (Å²) >= 11 is 1.15. The number of benzene rings is 2. The number of fused-ring (bicyclic) bond motifs is 1. The van der Waals surface area contributed by atoms with Crippen molar-refractivity contribution in [2.45, 2.75) is 5.92 Å². The number of nitrogens with one attached hydrogen (secondary N) is 2. The van der Waals surface area contributed by atoms with Gasteiger partial charge in [-0.3, -0.25) is 24.8 Å². The predicted octanol–water partition coefficient (Wildman–Crippen LogP) is 3.65. The average Bonchev–Trinajstić information content (AvgIpc) is 3.31. The number of nitrogens with zero attached hydrogens (tertiary/aromatic N) is 2. The van der Waals surface area contributed by atoms with Crippen LogP contribution in [0.25, 0.3) is 10.2 Å². The van der Waals surface area contributed by atoms with Crippen molar-refractivity contribution in [2.75, 3.05) is 26.5 Å². The van der Waals surface area contributed by atoms with Crippen LogP contribution in [0, 0.1) is 5.82 Å². The van der Waals surface area contributed by atoms with E-state index >= 15 is 4.39 Å². The molecule has 0 bridgehead atoms. The largest absolute Gasteiger partial charge is 0.495 e. The zero-order valence-corrected chi connectivity index (χ0v) is 21.5. The molecule has 0 aliphatic carbocycles. The SMILES string of the molecule is COc1ccccc1NC(=O)C(C(N)=O)c1ccc(Oc2ccnc3cc(C(=O)NN(C)C)sc23)c(F)c1. The lowest BCUT2D eigenvalue weighted by Crippen LogP contribution is -2.35. The summed E-state index contributed by atoms with van der Waals surface area (Å²) in [7, 11) is 4.82. The van der Waals surface area contributed by atoms with Crippen molar-refractivity contribution in [3.8, 4) is 17.2 Å². The number of nitrogens with two attached hydrogens (primary N) is 1. The van der Waals surface area contributed by atoms with E-state index in [-0.39, 0.29) is 23.0 Å². The van der Waals surface area contributed by atoms with Crippen LogP contribution in [-0.2, 0) is 9.59 Å². The number of pyridine rings is 1. The molecule has 0 saturated heterocycles. The second kappa shape index (κ2) is 11.2. The molecule has 0 aliphatic heterocycles. The Kier molecular flexibility index (Phi) is 7.84. The quantitative estimate of drug-likeness (QED) is 0.219. The summed E-state index contributed by atoms with van der Waals surface area (Å²) in [5, 5.41) is 4.12. The van der Waals surface area contributed by atoms with E-state index in [0.29, 0.717) is 26.5 Å². The summed E-state index contributed by atoms with van der Waals surface area (Å²) in [5.74, 6) is -3.77. The number of hydrogen-bond donors (Lipinski definition) is 3. The smallest absolute Gasteiger partial charge is 0.275 e. The van der Waals surface area contributed by atoms with Crippen LogP contribution < -0.4 is 25.9 Å². The summed E-state index contributed by atoms with van der Waals surface area (Å²) < 4.78 is 26.7. The summed E-state index contributed by atoms with van der Waals surface area (Å²) in [6, 6.07) is 13.5. The Morgan fingerprint density at radius 3 is 2.50 bits per heavy atom. The third-order valence-electron chi connectivity index (χ3n) is 5.35. The minimum absolute atomic E-state index is 0.0494. The second-order valence-corrected chi connectivity index (χ2v) is 9.34. The van der Waals surface area contributed by atoms with Crippen molar-refractivity contribution in [3.05, 3.63) is 77.1 Å². The Hall–Kier alpha value is -4.55. The van der Waals surface area contributed by atoms with E-state index in [9.17, 15) is 14.4 Å². The number of carbonyl (C=O) groups excluding carboxylic acids is 3. The summed E-state index contributed by atoms with van der Waals surface area (Å²) in [6.45, 7) is 0. The van der Waals surface area contributed by atoms with Crippen molar-refractivity contribution in [2.24, 2.45) is 5.73 Å².